The molecule has 2 aliphatic heterocycles. The number of aromatic nitrogens is 6. The van der Waals surface area contributed by atoms with E-state index in [1.54, 1.807) is 62.4 Å². The van der Waals surface area contributed by atoms with Gasteiger partial charge in [0.2, 0.25) is 11.9 Å². The number of aromatic amines is 2. The van der Waals surface area contributed by atoms with E-state index in [9.17, 15) is 58.4 Å². The highest BCUT2D eigenvalue weighted by molar-refractivity contribution is 5.70. The number of H-pyrrole nitrogens is 2. The van der Waals surface area contributed by atoms with E-state index >= 15 is 0 Å². The highest BCUT2D eigenvalue weighted by atomic mass is 19.3. The molecular formula is C46H36F4N12O4. The summed E-state index contributed by atoms with van der Waals surface area (Å²) in [5.74, 6) is 0.263. The summed E-state index contributed by atoms with van der Waals surface area (Å²) in [6.07, 6.45) is -4.96. The van der Waals surface area contributed by atoms with Crippen LogP contribution in [-0.4, -0.2) is 53.0 Å². The van der Waals surface area contributed by atoms with Crippen molar-refractivity contribution in [3.63, 3.8) is 0 Å². The van der Waals surface area contributed by atoms with Crippen molar-refractivity contribution < 1.29 is 27.8 Å². The van der Waals surface area contributed by atoms with Crippen molar-refractivity contribution in [2.45, 2.75) is 51.6 Å². The molecule has 0 saturated carbocycles. The molecule has 0 spiro atoms. The Bertz CT molecular complexity index is 3000. The second-order valence-electron chi connectivity index (χ2n) is 14.9. The smallest absolute Gasteiger partial charge is 0.345 e. The molecule has 0 fully saturated rings. The van der Waals surface area contributed by atoms with Crippen LogP contribution in [0.4, 0.5) is 40.8 Å². The Hall–Kier alpha value is -8.56. The van der Waals surface area contributed by atoms with Gasteiger partial charge < -0.3 is 10.2 Å². The first-order chi connectivity index (χ1) is 31.8. The maximum Gasteiger partial charge on any atom is 0.345 e. The van der Waals surface area contributed by atoms with Crippen LogP contribution in [0.15, 0.2) is 117 Å². The third kappa shape index (κ3) is 8.21. The predicted molar refractivity (Wildman–Crippen MR) is 230 cm³/mol. The summed E-state index contributed by atoms with van der Waals surface area (Å²) < 4.78 is 55.8. The van der Waals surface area contributed by atoms with Crippen molar-refractivity contribution in [2.75, 3.05) is 23.0 Å². The van der Waals surface area contributed by atoms with Gasteiger partial charge in [0.15, 0.2) is 0 Å². The molecule has 4 heterocycles. The van der Waals surface area contributed by atoms with Crippen molar-refractivity contribution >= 4 is 23.3 Å². The zero-order valence-electron chi connectivity index (χ0n) is 34.9. The number of benzene rings is 4. The monoisotopic (exact) mass is 896 g/mol. The second kappa shape index (κ2) is 19.0. The normalized spacial score (nSPS) is 15.4. The molecule has 332 valence electrons. The van der Waals surface area contributed by atoms with Crippen LogP contribution in [0.25, 0.3) is 0 Å². The lowest BCUT2D eigenvalue weighted by Gasteiger charge is -2.35. The van der Waals surface area contributed by atoms with Gasteiger partial charge in [-0.1, -0.05) is 36.4 Å². The van der Waals surface area contributed by atoms with Gasteiger partial charge in [-0.05, 0) is 97.5 Å². The van der Waals surface area contributed by atoms with Gasteiger partial charge in [-0.15, -0.1) is 10.2 Å². The summed E-state index contributed by atoms with van der Waals surface area (Å²) >= 11 is 0. The van der Waals surface area contributed by atoms with E-state index in [1.807, 2.05) is 12.1 Å². The molecule has 16 nitrogen and oxygen atoms in total. The Morgan fingerprint density at radius 2 is 1.00 bits per heavy atom. The molecule has 2 aromatic heterocycles. The number of fused-ring (bicyclic) bond motifs is 2. The number of hydrogen-bond donors (Lipinski definition) is 4. The van der Waals surface area contributed by atoms with Crippen molar-refractivity contribution in [3.8, 4) is 24.3 Å². The lowest BCUT2D eigenvalue weighted by molar-refractivity contribution is 0.151. The lowest BCUT2D eigenvalue weighted by atomic mass is 9.90. The molecule has 0 unspecified atom stereocenters. The number of nitrogens with one attached hydrogen (secondary N) is 2. The van der Waals surface area contributed by atoms with Crippen LogP contribution in [0.5, 0.6) is 0 Å². The van der Waals surface area contributed by atoms with Crippen molar-refractivity contribution in [2.24, 2.45) is 0 Å². The quantitative estimate of drug-likeness (QED) is 0.103. The Morgan fingerprint density at radius 3 is 1.33 bits per heavy atom. The number of rotatable bonds is 10. The SMILES string of the molecule is CC1=C(C#N)[C@@H](c2ccc(C#N)cc2CCO)n2c(n[nH]c2=O)N1c1cccc(C(F)F)c1.CC1=C(C#N)[C@H](c2ccc(C#N)cc2CCO)n2c(n[nH]c2=O)N1c1cccc(C(F)F)c1. The Kier molecular flexibility index (Phi) is 13.1. The molecule has 8 rings (SSSR count). The molecule has 0 bridgehead atoms. The number of halogens is 4. The van der Waals surface area contributed by atoms with Crippen LogP contribution >= 0.6 is 0 Å². The van der Waals surface area contributed by atoms with Crippen molar-refractivity contribution in [1.29, 1.82) is 21.0 Å². The fourth-order valence-corrected chi connectivity index (χ4v) is 8.22. The van der Waals surface area contributed by atoms with Crippen LogP contribution < -0.4 is 21.2 Å². The van der Waals surface area contributed by atoms with E-state index < -0.39 is 36.3 Å². The molecule has 4 aromatic carbocycles. The number of allylic oxidation sites excluding steroid dienone is 4. The van der Waals surface area contributed by atoms with E-state index in [-0.39, 0.29) is 60.2 Å². The highest BCUT2D eigenvalue weighted by Crippen LogP contribution is 2.44. The number of aliphatic hydroxyl groups is 2. The Balaban J connectivity index is 0.000000196. The second-order valence-corrected chi connectivity index (χ2v) is 14.9. The van der Waals surface area contributed by atoms with Gasteiger partial charge in [-0.2, -0.15) is 21.0 Å². The van der Waals surface area contributed by atoms with Gasteiger partial charge in [0.05, 0.1) is 46.5 Å². The fourth-order valence-electron chi connectivity index (χ4n) is 8.22. The van der Waals surface area contributed by atoms with E-state index in [1.165, 1.54) is 55.3 Å². The topological polar surface area (TPSA) is 243 Å². The molecule has 0 saturated heterocycles. The molecule has 6 aromatic rings. The maximum absolute atomic E-state index is 13.3. The van der Waals surface area contributed by atoms with Gasteiger partial charge in [0.1, 0.15) is 12.1 Å². The van der Waals surface area contributed by atoms with E-state index in [4.69, 9.17) is 0 Å². The minimum Gasteiger partial charge on any atom is -0.396 e. The van der Waals surface area contributed by atoms with Crippen LogP contribution in [0.1, 0.15) is 83.3 Å². The lowest BCUT2D eigenvalue weighted by Crippen LogP contribution is -2.35. The Morgan fingerprint density at radius 1 is 0.606 bits per heavy atom. The first-order valence-electron chi connectivity index (χ1n) is 20.0. The highest BCUT2D eigenvalue weighted by Gasteiger charge is 2.39. The first-order valence-corrected chi connectivity index (χ1v) is 20.0. The zero-order chi connectivity index (χ0) is 47.4. The summed E-state index contributed by atoms with van der Waals surface area (Å²) in [5.41, 5.74) is 3.38. The van der Waals surface area contributed by atoms with Crippen LogP contribution in [0, 0.1) is 45.3 Å². The number of nitriles is 4. The third-order valence-corrected chi connectivity index (χ3v) is 11.2. The molecule has 66 heavy (non-hydrogen) atoms. The summed E-state index contributed by atoms with van der Waals surface area (Å²) in [5, 5.41) is 70.7. The van der Waals surface area contributed by atoms with E-state index in [0.717, 1.165) is 0 Å². The molecule has 4 N–H and O–H groups in total. The molecule has 0 aliphatic carbocycles. The summed E-state index contributed by atoms with van der Waals surface area (Å²) in [6, 6.07) is 27.6. The largest absolute Gasteiger partial charge is 0.396 e. The van der Waals surface area contributed by atoms with Gasteiger partial charge in [-0.3, -0.25) is 9.80 Å². The standard InChI is InChI=1S/2C23H18F2N6O2/c2*1-13-19(12-27)20(18-6-5-14(11-26)9-15(18)7-8-32)31-22(28-29-23(31)33)30(13)17-4-2-3-16(10-17)21(24)25/h2*2-6,9-10,20-21,32H,7-8H2,1H3,(H,29,33)/t2*20-/m10/s1. The fraction of sp³-hybridized carbons (Fsp3) is 0.217. The van der Waals surface area contributed by atoms with Crippen LogP contribution in [-0.2, 0) is 12.8 Å². The van der Waals surface area contributed by atoms with Gasteiger partial charge >= 0.3 is 11.4 Å². The van der Waals surface area contributed by atoms with Crippen molar-refractivity contribution in [3.05, 3.63) is 173 Å². The van der Waals surface area contributed by atoms with Crippen molar-refractivity contribution in [1.82, 2.24) is 29.5 Å². The van der Waals surface area contributed by atoms with Crippen LogP contribution in [0.3, 0.4) is 0 Å². The molecule has 2 aliphatic rings. The third-order valence-electron chi connectivity index (χ3n) is 11.2. The predicted octanol–water partition coefficient (Wildman–Crippen LogP) is 6.91. The molecule has 20 heteroatoms. The van der Waals surface area contributed by atoms with Gasteiger partial charge in [0.25, 0.3) is 12.9 Å². The molecular weight excluding hydrogens is 861 g/mol. The number of alkyl halides is 4. The summed E-state index contributed by atoms with van der Waals surface area (Å²) in [7, 11) is 0. The zero-order valence-corrected chi connectivity index (χ0v) is 34.9. The average molecular weight is 897 g/mol. The average Bonchev–Trinajstić information content (AvgIpc) is 3.89. The number of anilines is 4. The van der Waals surface area contributed by atoms with E-state index in [2.05, 4.69) is 32.5 Å². The molecule has 0 amide bonds. The number of hydrogen-bond acceptors (Lipinski definition) is 12. The summed E-state index contributed by atoms with van der Waals surface area (Å²) in [4.78, 5) is 28.6. The minimum absolute atomic E-state index is 0.132. The Labute approximate surface area is 372 Å². The van der Waals surface area contributed by atoms with Crippen LogP contribution in [0.2, 0.25) is 0 Å². The summed E-state index contributed by atoms with van der Waals surface area (Å²) in [6.45, 7) is 2.91. The van der Waals surface area contributed by atoms with Gasteiger partial charge in [0, 0.05) is 47.1 Å². The van der Waals surface area contributed by atoms with E-state index in [0.29, 0.717) is 56.1 Å². The molecule has 0 radical (unpaired) electrons. The first kappa shape index (κ1) is 45.5. The number of aliphatic hydroxyl groups excluding tert-OH is 2. The minimum atomic E-state index is -2.69. The number of nitrogens with zero attached hydrogens (tertiary/aromatic N) is 10. The van der Waals surface area contributed by atoms with Gasteiger partial charge in [-0.25, -0.2) is 46.5 Å². The molecule has 2 atom stereocenters. The maximum atomic E-state index is 13.3.